The van der Waals surface area contributed by atoms with E-state index in [1.165, 1.54) is 0 Å². The molecule has 2 aromatic rings. The molecule has 2 N–H and O–H groups in total. The van der Waals surface area contributed by atoms with Gasteiger partial charge in [-0.15, -0.1) is 0 Å². The highest BCUT2D eigenvalue weighted by Crippen LogP contribution is 2.28. The van der Waals surface area contributed by atoms with E-state index in [9.17, 15) is 14.6 Å². The molecule has 5 atom stereocenters. The minimum Gasteiger partial charge on any atom is -0.394 e. The second kappa shape index (κ2) is 9.21. The Balaban J connectivity index is 1.64. The molecular formula is C20H23FO5. The Morgan fingerprint density at radius 2 is 1.35 bits per heavy atom. The van der Waals surface area contributed by atoms with Gasteiger partial charge >= 0.3 is 0 Å². The van der Waals surface area contributed by atoms with Crippen molar-refractivity contribution in [1.29, 1.82) is 0 Å². The van der Waals surface area contributed by atoms with E-state index in [4.69, 9.17) is 14.2 Å². The Morgan fingerprint density at radius 3 is 1.85 bits per heavy atom. The van der Waals surface area contributed by atoms with Gasteiger partial charge < -0.3 is 24.4 Å². The van der Waals surface area contributed by atoms with Crippen LogP contribution in [0.2, 0.25) is 0 Å². The molecule has 0 spiro atoms. The Morgan fingerprint density at radius 1 is 0.846 bits per heavy atom. The van der Waals surface area contributed by atoms with Crippen LogP contribution in [0.4, 0.5) is 4.39 Å². The van der Waals surface area contributed by atoms with Crippen LogP contribution in [0.25, 0.3) is 0 Å². The van der Waals surface area contributed by atoms with Crippen LogP contribution in [0.15, 0.2) is 60.7 Å². The average molecular weight is 362 g/mol. The molecule has 0 saturated carbocycles. The number of hydrogen-bond acceptors (Lipinski definition) is 5. The molecule has 1 saturated heterocycles. The zero-order valence-electron chi connectivity index (χ0n) is 14.3. The van der Waals surface area contributed by atoms with Crippen molar-refractivity contribution in [3.05, 3.63) is 71.8 Å². The quantitative estimate of drug-likeness (QED) is 0.790. The molecule has 0 aromatic heterocycles. The summed E-state index contributed by atoms with van der Waals surface area (Å²) >= 11 is 0. The molecule has 26 heavy (non-hydrogen) atoms. The van der Waals surface area contributed by atoms with Gasteiger partial charge in [0.05, 0.1) is 19.8 Å². The zero-order valence-corrected chi connectivity index (χ0v) is 14.3. The number of hydrogen-bond donors (Lipinski definition) is 2. The number of rotatable bonds is 7. The zero-order chi connectivity index (χ0) is 18.4. The van der Waals surface area contributed by atoms with Crippen molar-refractivity contribution in [2.45, 2.75) is 44.0 Å². The van der Waals surface area contributed by atoms with Crippen molar-refractivity contribution in [1.82, 2.24) is 0 Å². The van der Waals surface area contributed by atoms with Crippen molar-refractivity contribution >= 4 is 0 Å². The van der Waals surface area contributed by atoms with Crippen LogP contribution in [-0.4, -0.2) is 47.6 Å². The molecule has 6 heteroatoms. The fraction of sp³-hybridized carbons (Fsp3) is 0.400. The molecule has 1 heterocycles. The summed E-state index contributed by atoms with van der Waals surface area (Å²) < 4.78 is 30.8. The van der Waals surface area contributed by atoms with Crippen LogP contribution in [-0.2, 0) is 27.4 Å². The van der Waals surface area contributed by atoms with Gasteiger partial charge in [0.15, 0.2) is 0 Å². The van der Waals surface area contributed by atoms with Gasteiger partial charge in [-0.05, 0) is 11.1 Å². The van der Waals surface area contributed by atoms with E-state index in [1.807, 2.05) is 60.7 Å². The van der Waals surface area contributed by atoms with Crippen LogP contribution in [0, 0.1) is 0 Å². The van der Waals surface area contributed by atoms with Crippen molar-refractivity contribution < 1.29 is 28.8 Å². The summed E-state index contributed by atoms with van der Waals surface area (Å²) in [5, 5.41) is 20.0. The van der Waals surface area contributed by atoms with E-state index in [-0.39, 0.29) is 13.2 Å². The van der Waals surface area contributed by atoms with Crippen LogP contribution in [0.3, 0.4) is 0 Å². The minimum atomic E-state index is -1.84. The second-order valence-corrected chi connectivity index (χ2v) is 6.22. The highest BCUT2D eigenvalue weighted by Gasteiger charge is 2.46. The summed E-state index contributed by atoms with van der Waals surface area (Å²) in [5.41, 5.74) is 1.76. The van der Waals surface area contributed by atoms with Gasteiger partial charge in [0.25, 0.3) is 0 Å². The highest BCUT2D eigenvalue weighted by atomic mass is 19.1. The summed E-state index contributed by atoms with van der Waals surface area (Å²) in [5.74, 6) is 0. The van der Waals surface area contributed by atoms with E-state index in [1.54, 1.807) is 0 Å². The second-order valence-electron chi connectivity index (χ2n) is 6.22. The normalized spacial score (nSPS) is 28.8. The van der Waals surface area contributed by atoms with Crippen molar-refractivity contribution in [2.24, 2.45) is 0 Å². The van der Waals surface area contributed by atoms with Crippen LogP contribution < -0.4 is 0 Å². The molecule has 2 aromatic carbocycles. The van der Waals surface area contributed by atoms with Gasteiger partial charge in [-0.25, -0.2) is 4.39 Å². The van der Waals surface area contributed by atoms with E-state index in [0.29, 0.717) is 0 Å². The smallest absolute Gasteiger partial charge is 0.228 e. The third-order valence-electron chi connectivity index (χ3n) is 4.35. The van der Waals surface area contributed by atoms with E-state index < -0.39 is 37.4 Å². The van der Waals surface area contributed by atoms with E-state index in [0.717, 1.165) is 11.1 Å². The van der Waals surface area contributed by atoms with E-state index >= 15 is 0 Å². The number of benzene rings is 2. The fourth-order valence-electron chi connectivity index (χ4n) is 2.94. The van der Waals surface area contributed by atoms with Crippen molar-refractivity contribution in [3.8, 4) is 0 Å². The number of aliphatic hydroxyl groups excluding tert-OH is 2. The predicted octanol–water partition coefficient (Wildman–Crippen LogP) is 2.20. The lowest BCUT2D eigenvalue weighted by Gasteiger charge is -2.41. The number of halogens is 1. The summed E-state index contributed by atoms with van der Waals surface area (Å²) in [6, 6.07) is 18.7. The monoisotopic (exact) mass is 362 g/mol. The number of ether oxygens (including phenoxy) is 3. The largest absolute Gasteiger partial charge is 0.394 e. The molecule has 140 valence electrons. The fourth-order valence-corrected chi connectivity index (χ4v) is 2.94. The lowest BCUT2D eigenvalue weighted by Crippen LogP contribution is -2.59. The molecule has 0 aliphatic carbocycles. The lowest BCUT2D eigenvalue weighted by atomic mass is 9.99. The first kappa shape index (κ1) is 18.9. The van der Waals surface area contributed by atoms with Crippen LogP contribution in [0.1, 0.15) is 11.1 Å². The third kappa shape index (κ3) is 4.66. The Hall–Kier alpha value is -1.83. The summed E-state index contributed by atoms with van der Waals surface area (Å²) in [7, 11) is 0. The first-order valence-corrected chi connectivity index (χ1v) is 8.58. The summed E-state index contributed by atoms with van der Waals surface area (Å²) in [6.07, 6.45) is -6.15. The molecule has 1 aliphatic rings. The molecule has 1 fully saturated rings. The molecule has 0 radical (unpaired) electrons. The maximum Gasteiger partial charge on any atom is 0.228 e. The van der Waals surface area contributed by atoms with Gasteiger partial charge in [0.2, 0.25) is 6.36 Å². The van der Waals surface area contributed by atoms with Gasteiger partial charge in [0, 0.05) is 0 Å². The number of alkyl halides is 1. The van der Waals surface area contributed by atoms with Gasteiger partial charge in [-0.3, -0.25) is 0 Å². The van der Waals surface area contributed by atoms with E-state index in [2.05, 4.69) is 0 Å². The predicted molar refractivity (Wildman–Crippen MR) is 92.9 cm³/mol. The first-order valence-electron chi connectivity index (χ1n) is 8.58. The highest BCUT2D eigenvalue weighted by molar-refractivity contribution is 5.14. The maximum absolute atomic E-state index is 14.3. The topological polar surface area (TPSA) is 68.2 Å². The molecule has 0 amide bonds. The van der Waals surface area contributed by atoms with Gasteiger partial charge in [0.1, 0.15) is 24.4 Å². The number of aliphatic hydroxyl groups is 2. The minimum absolute atomic E-state index is 0.140. The molecule has 1 aliphatic heterocycles. The molecular weight excluding hydrogens is 339 g/mol. The van der Waals surface area contributed by atoms with Crippen molar-refractivity contribution in [3.63, 3.8) is 0 Å². The molecule has 2 unspecified atom stereocenters. The average Bonchev–Trinajstić information content (AvgIpc) is 2.68. The van der Waals surface area contributed by atoms with Gasteiger partial charge in [-0.1, -0.05) is 60.7 Å². The Kier molecular flexibility index (Phi) is 6.71. The molecule has 0 bridgehead atoms. The maximum atomic E-state index is 14.3. The molecule has 5 nitrogen and oxygen atoms in total. The molecule has 3 rings (SSSR count). The summed E-state index contributed by atoms with van der Waals surface area (Å²) in [4.78, 5) is 0. The Bertz CT molecular complexity index is 654. The van der Waals surface area contributed by atoms with Crippen LogP contribution in [0.5, 0.6) is 0 Å². The standard InChI is InChI=1S/C20H23FO5/c21-20-19(25-13-15-9-5-2-6-10-15)17(23)18(16(11-22)26-20)24-12-14-7-3-1-4-8-14/h1-10,16-20,22-23H,11-13H2/t16?,17-,18?,19-,20+/m0/s1. The van der Waals surface area contributed by atoms with Gasteiger partial charge in [-0.2, -0.15) is 0 Å². The Labute approximate surface area is 151 Å². The lowest BCUT2D eigenvalue weighted by molar-refractivity contribution is -0.286. The van der Waals surface area contributed by atoms with Crippen molar-refractivity contribution in [2.75, 3.05) is 6.61 Å². The summed E-state index contributed by atoms with van der Waals surface area (Å²) in [6.45, 7) is -0.103. The van der Waals surface area contributed by atoms with Crippen LogP contribution >= 0.6 is 0 Å². The third-order valence-corrected chi connectivity index (χ3v) is 4.35. The first-order chi connectivity index (χ1) is 12.7. The SMILES string of the molecule is OCC1O[C@@H](F)[C@@H](OCc2ccccc2)[C@@H](O)C1OCc1ccccc1.